The first-order chi connectivity index (χ1) is 11.8. The maximum atomic E-state index is 4.11. The van der Waals surface area contributed by atoms with Gasteiger partial charge in [0.2, 0.25) is 0 Å². The van der Waals surface area contributed by atoms with Gasteiger partial charge in [-0.2, -0.15) is 0 Å². The Hall–Kier alpha value is -0.0500. The average Bonchev–Trinajstić information content (AvgIpc) is 3.25. The van der Waals surface area contributed by atoms with E-state index in [0.717, 1.165) is 0 Å². The third-order valence-electron chi connectivity index (χ3n) is 3.44. The van der Waals surface area contributed by atoms with E-state index in [4.69, 9.17) is 0 Å². The molecule has 2 aromatic rings. The van der Waals surface area contributed by atoms with Crippen molar-refractivity contribution in [1.29, 1.82) is 0 Å². The molecular formula is C17H13NS6. The second-order valence-corrected chi connectivity index (χ2v) is 11.7. The fraction of sp³-hybridized carbons (Fsp3) is 0.118. The molecule has 0 amide bonds. The lowest BCUT2D eigenvalue weighted by Crippen LogP contribution is -1.79. The molecule has 1 aromatic heterocycles. The third kappa shape index (κ3) is 3.44. The van der Waals surface area contributed by atoms with Crippen molar-refractivity contribution in [1.82, 2.24) is 4.98 Å². The van der Waals surface area contributed by atoms with Crippen molar-refractivity contribution in [3.8, 4) is 11.1 Å². The minimum Gasteiger partial charge on any atom is -0.265 e. The molecule has 0 saturated heterocycles. The molecule has 0 N–H and O–H groups in total. The van der Waals surface area contributed by atoms with Crippen LogP contribution in [0, 0.1) is 0 Å². The zero-order valence-electron chi connectivity index (χ0n) is 12.9. The highest BCUT2D eigenvalue weighted by Crippen LogP contribution is 2.63. The number of aromatic nitrogens is 1. The lowest BCUT2D eigenvalue weighted by atomic mass is 10.1. The highest BCUT2D eigenvalue weighted by Gasteiger charge is 2.28. The molecule has 4 rings (SSSR count). The van der Waals surface area contributed by atoms with E-state index in [2.05, 4.69) is 47.8 Å². The number of thioether (sulfide) groups is 6. The molecule has 0 bridgehead atoms. The van der Waals surface area contributed by atoms with Gasteiger partial charge in [0.1, 0.15) is 0 Å². The van der Waals surface area contributed by atoms with Crippen molar-refractivity contribution in [2.75, 3.05) is 12.5 Å². The smallest absolute Gasteiger partial charge is 0.0717 e. The summed E-state index contributed by atoms with van der Waals surface area (Å²) >= 11 is 11.4. The van der Waals surface area contributed by atoms with Crippen LogP contribution in [0.15, 0.2) is 69.5 Å². The molecule has 0 aliphatic carbocycles. The summed E-state index contributed by atoms with van der Waals surface area (Å²) in [7, 11) is 0. The zero-order valence-corrected chi connectivity index (χ0v) is 17.8. The number of hydrogen-bond donors (Lipinski definition) is 0. The second-order valence-electron chi connectivity index (χ2n) is 4.86. The summed E-state index contributed by atoms with van der Waals surface area (Å²) in [5, 5.41) is 0. The lowest BCUT2D eigenvalue weighted by Gasteiger charge is -2.03. The van der Waals surface area contributed by atoms with Crippen LogP contribution >= 0.6 is 70.6 Å². The molecule has 0 radical (unpaired) electrons. The molecule has 0 fully saturated rings. The van der Waals surface area contributed by atoms with Gasteiger partial charge in [-0.15, -0.1) is 23.5 Å². The van der Waals surface area contributed by atoms with Crippen LogP contribution in [0.5, 0.6) is 0 Å². The Morgan fingerprint density at radius 3 is 2.00 bits per heavy atom. The normalized spacial score (nSPS) is 16.9. The molecule has 1 nitrogen and oxygen atoms in total. The zero-order chi connectivity index (χ0) is 16.5. The van der Waals surface area contributed by atoms with Gasteiger partial charge in [0.05, 0.1) is 16.9 Å². The van der Waals surface area contributed by atoms with E-state index in [9.17, 15) is 0 Å². The number of rotatable bonds is 3. The van der Waals surface area contributed by atoms with E-state index in [1.54, 1.807) is 0 Å². The minimum absolute atomic E-state index is 1.22. The standard InChI is InChI=1S/C17H13NS6/c1-19-14-15(20-2)24-17(23-14)16-21-12-4-3-11(9-13(12)22-16)10-5-7-18-8-6-10/h3-9H,1-2H3. The molecule has 122 valence electrons. The third-order valence-corrected chi connectivity index (χ3v) is 11.7. The largest absolute Gasteiger partial charge is 0.265 e. The van der Waals surface area contributed by atoms with Crippen LogP contribution in [0.2, 0.25) is 0 Å². The first-order valence-electron chi connectivity index (χ1n) is 7.11. The van der Waals surface area contributed by atoms with Gasteiger partial charge in [-0.05, 0) is 47.9 Å². The van der Waals surface area contributed by atoms with Crippen LogP contribution in [0.3, 0.4) is 0 Å². The van der Waals surface area contributed by atoms with Crippen LogP contribution in [-0.2, 0) is 0 Å². The maximum absolute atomic E-state index is 4.11. The van der Waals surface area contributed by atoms with Gasteiger partial charge in [-0.25, -0.2) is 0 Å². The van der Waals surface area contributed by atoms with Crippen LogP contribution < -0.4 is 0 Å². The number of pyridine rings is 1. The lowest BCUT2D eigenvalue weighted by molar-refractivity contribution is 1.26. The quantitative estimate of drug-likeness (QED) is 0.503. The molecule has 0 saturated carbocycles. The fourth-order valence-corrected chi connectivity index (χ4v) is 10.1. The van der Waals surface area contributed by atoms with Crippen molar-refractivity contribution in [2.24, 2.45) is 0 Å². The monoisotopic (exact) mass is 423 g/mol. The summed E-state index contributed by atoms with van der Waals surface area (Å²) in [5.41, 5.74) is 2.48. The summed E-state index contributed by atoms with van der Waals surface area (Å²) in [6.07, 6.45) is 8.03. The molecule has 0 atom stereocenters. The van der Waals surface area contributed by atoms with Crippen LogP contribution in [0.25, 0.3) is 11.1 Å². The van der Waals surface area contributed by atoms with E-state index >= 15 is 0 Å². The molecule has 2 aliphatic rings. The van der Waals surface area contributed by atoms with Gasteiger partial charge in [-0.3, -0.25) is 4.98 Å². The van der Waals surface area contributed by atoms with Gasteiger partial charge in [-0.1, -0.05) is 53.1 Å². The molecule has 0 spiro atoms. The Balaban J connectivity index is 1.60. The van der Waals surface area contributed by atoms with E-state index in [1.807, 2.05) is 83.0 Å². The SMILES string of the molecule is CSC1=C(SC)SC(=C2Sc3ccc(-c4ccncc4)cc3S2)S1. The van der Waals surface area contributed by atoms with E-state index in [0.29, 0.717) is 0 Å². The van der Waals surface area contributed by atoms with Gasteiger partial charge in [0.25, 0.3) is 0 Å². The highest BCUT2D eigenvalue weighted by atomic mass is 32.3. The number of fused-ring (bicyclic) bond motifs is 1. The summed E-state index contributed by atoms with van der Waals surface area (Å²) in [6.45, 7) is 0. The maximum Gasteiger partial charge on any atom is 0.0717 e. The Bertz CT molecular complexity index is 825. The first kappa shape index (κ1) is 17.4. The van der Waals surface area contributed by atoms with E-state index in [-0.39, 0.29) is 0 Å². The Kier molecular flexibility index (Phi) is 5.56. The number of benzene rings is 1. The van der Waals surface area contributed by atoms with Crippen molar-refractivity contribution in [3.05, 3.63) is 59.7 Å². The Labute approximate surface area is 167 Å². The molecule has 24 heavy (non-hydrogen) atoms. The number of hydrogen-bond acceptors (Lipinski definition) is 7. The van der Waals surface area contributed by atoms with Crippen molar-refractivity contribution in [2.45, 2.75) is 9.79 Å². The second kappa shape index (κ2) is 7.68. The predicted molar refractivity (Wildman–Crippen MR) is 118 cm³/mol. The fourth-order valence-electron chi connectivity index (χ4n) is 2.31. The summed E-state index contributed by atoms with van der Waals surface area (Å²) in [6, 6.07) is 10.9. The molecule has 3 heterocycles. The highest BCUT2D eigenvalue weighted by molar-refractivity contribution is 8.41. The van der Waals surface area contributed by atoms with Crippen molar-refractivity contribution >= 4 is 70.6 Å². The Morgan fingerprint density at radius 1 is 0.708 bits per heavy atom. The average molecular weight is 424 g/mol. The molecule has 2 aliphatic heterocycles. The summed E-state index contributed by atoms with van der Waals surface area (Å²) in [5.74, 6) is 0. The molecule has 1 aromatic carbocycles. The summed E-state index contributed by atoms with van der Waals surface area (Å²) < 4.78 is 5.72. The van der Waals surface area contributed by atoms with Gasteiger partial charge >= 0.3 is 0 Å². The first-order valence-corrected chi connectivity index (χ1v) is 12.8. The molecule has 7 heteroatoms. The van der Waals surface area contributed by atoms with Crippen molar-refractivity contribution < 1.29 is 0 Å². The minimum atomic E-state index is 1.22. The van der Waals surface area contributed by atoms with Crippen molar-refractivity contribution in [3.63, 3.8) is 0 Å². The Morgan fingerprint density at radius 2 is 1.33 bits per heavy atom. The van der Waals surface area contributed by atoms with Gasteiger partial charge < -0.3 is 0 Å². The number of nitrogens with zero attached hydrogens (tertiary/aromatic N) is 1. The van der Waals surface area contributed by atoms with Crippen LogP contribution in [0.1, 0.15) is 0 Å². The summed E-state index contributed by atoms with van der Waals surface area (Å²) in [4.78, 5) is 6.84. The molecule has 0 unspecified atom stereocenters. The topological polar surface area (TPSA) is 12.9 Å². The van der Waals surface area contributed by atoms with Gasteiger partial charge in [0, 0.05) is 22.2 Å². The van der Waals surface area contributed by atoms with Gasteiger partial charge in [0.15, 0.2) is 0 Å². The van der Waals surface area contributed by atoms with Crippen LogP contribution in [-0.4, -0.2) is 17.5 Å². The van der Waals surface area contributed by atoms with E-state index in [1.165, 1.54) is 37.9 Å². The van der Waals surface area contributed by atoms with Crippen LogP contribution in [0.4, 0.5) is 0 Å². The molecular weight excluding hydrogens is 411 g/mol. The van der Waals surface area contributed by atoms with E-state index < -0.39 is 0 Å². The predicted octanol–water partition coefficient (Wildman–Crippen LogP) is 7.41.